The first kappa shape index (κ1) is 18.9. The molecular formula is C21H20ClN3O2. The van der Waals surface area contributed by atoms with Crippen LogP contribution in [0.3, 0.4) is 0 Å². The Morgan fingerprint density at radius 2 is 1.81 bits per heavy atom. The fourth-order valence-electron chi connectivity index (χ4n) is 2.65. The summed E-state index contributed by atoms with van der Waals surface area (Å²) in [6.07, 6.45) is 0.957. The smallest absolute Gasteiger partial charge is 0.267 e. The molecule has 138 valence electrons. The molecule has 1 heterocycles. The molecule has 0 unspecified atom stereocenters. The number of benzene rings is 2. The number of carbonyl (C=O) groups excluding carboxylic acids is 1. The van der Waals surface area contributed by atoms with Crippen LogP contribution in [0, 0.1) is 0 Å². The van der Waals surface area contributed by atoms with Gasteiger partial charge < -0.3 is 5.32 Å². The fourth-order valence-corrected chi connectivity index (χ4v) is 2.86. The Morgan fingerprint density at radius 3 is 2.52 bits per heavy atom. The molecule has 1 aromatic heterocycles. The highest BCUT2D eigenvalue weighted by molar-refractivity contribution is 6.31. The van der Waals surface area contributed by atoms with Gasteiger partial charge in [-0.2, -0.15) is 5.10 Å². The van der Waals surface area contributed by atoms with Crippen LogP contribution in [0.25, 0.3) is 11.3 Å². The van der Waals surface area contributed by atoms with Crippen molar-refractivity contribution < 1.29 is 4.79 Å². The number of hydrogen-bond acceptors (Lipinski definition) is 3. The average molecular weight is 382 g/mol. The summed E-state index contributed by atoms with van der Waals surface area (Å²) in [6, 6.07) is 18.4. The number of aromatic nitrogens is 2. The molecule has 0 atom stereocenters. The second-order valence-corrected chi connectivity index (χ2v) is 6.54. The molecule has 0 aliphatic carbocycles. The Balaban J connectivity index is 1.71. The zero-order valence-corrected chi connectivity index (χ0v) is 15.7. The minimum absolute atomic E-state index is 0.149. The van der Waals surface area contributed by atoms with Crippen LogP contribution >= 0.6 is 11.6 Å². The second kappa shape index (κ2) is 8.64. The van der Waals surface area contributed by atoms with Crippen LogP contribution in [0.1, 0.15) is 18.1 Å². The van der Waals surface area contributed by atoms with E-state index in [9.17, 15) is 9.59 Å². The summed E-state index contributed by atoms with van der Waals surface area (Å²) >= 11 is 6.08. The molecule has 1 amide bonds. The van der Waals surface area contributed by atoms with Gasteiger partial charge in [0, 0.05) is 23.2 Å². The summed E-state index contributed by atoms with van der Waals surface area (Å²) in [5.41, 5.74) is 3.27. The zero-order chi connectivity index (χ0) is 19.2. The lowest BCUT2D eigenvalue weighted by atomic mass is 10.1. The number of nitrogens with one attached hydrogen (secondary N) is 1. The molecule has 0 spiro atoms. The Kier molecular flexibility index (Phi) is 6.04. The van der Waals surface area contributed by atoms with E-state index < -0.39 is 0 Å². The average Bonchev–Trinajstić information content (AvgIpc) is 2.69. The molecule has 3 aromatic rings. The van der Waals surface area contributed by atoms with Crippen LogP contribution in [-0.2, 0) is 24.3 Å². The summed E-state index contributed by atoms with van der Waals surface area (Å²) in [6.45, 7) is 2.24. The molecule has 27 heavy (non-hydrogen) atoms. The molecule has 0 aliphatic rings. The van der Waals surface area contributed by atoms with Crippen molar-refractivity contribution in [2.45, 2.75) is 26.4 Å². The molecule has 5 nitrogen and oxygen atoms in total. The third-order valence-corrected chi connectivity index (χ3v) is 4.62. The Morgan fingerprint density at radius 1 is 1.07 bits per heavy atom. The Hall–Kier alpha value is -2.92. The predicted molar refractivity (Wildman–Crippen MR) is 107 cm³/mol. The molecule has 0 radical (unpaired) electrons. The van der Waals surface area contributed by atoms with Crippen LogP contribution < -0.4 is 10.9 Å². The molecule has 2 aromatic carbocycles. The monoisotopic (exact) mass is 381 g/mol. The Bertz CT molecular complexity index is 997. The zero-order valence-electron chi connectivity index (χ0n) is 15.0. The Labute approximate surface area is 162 Å². The van der Waals surface area contributed by atoms with Gasteiger partial charge in [0.25, 0.3) is 5.56 Å². The van der Waals surface area contributed by atoms with E-state index >= 15 is 0 Å². The van der Waals surface area contributed by atoms with Crippen molar-refractivity contribution in [3.05, 3.63) is 87.2 Å². The maximum Gasteiger partial charge on any atom is 0.267 e. The van der Waals surface area contributed by atoms with E-state index in [1.54, 1.807) is 12.1 Å². The molecule has 0 saturated heterocycles. The van der Waals surface area contributed by atoms with Crippen molar-refractivity contribution in [2.24, 2.45) is 0 Å². The number of aryl methyl sites for hydroxylation is 1. The van der Waals surface area contributed by atoms with Gasteiger partial charge in [-0.05, 0) is 29.7 Å². The highest BCUT2D eigenvalue weighted by atomic mass is 35.5. The fraction of sp³-hybridized carbons (Fsp3) is 0.190. The van der Waals surface area contributed by atoms with E-state index in [4.69, 9.17) is 11.6 Å². The first-order chi connectivity index (χ1) is 13.1. The first-order valence-corrected chi connectivity index (χ1v) is 9.12. The maximum absolute atomic E-state index is 12.2. The lowest BCUT2D eigenvalue weighted by molar-refractivity contribution is -0.122. The van der Waals surface area contributed by atoms with Crippen molar-refractivity contribution >= 4 is 17.5 Å². The number of rotatable bonds is 6. The van der Waals surface area contributed by atoms with Gasteiger partial charge in [0.05, 0.1) is 5.69 Å². The topological polar surface area (TPSA) is 64.0 Å². The van der Waals surface area contributed by atoms with Gasteiger partial charge in [0.2, 0.25) is 5.91 Å². The summed E-state index contributed by atoms with van der Waals surface area (Å²) < 4.78 is 1.17. The molecule has 0 aliphatic heterocycles. The standard InChI is InChI=1S/C21H20ClN3O2/c1-2-15-7-9-16(10-8-15)19-11-12-21(27)25(24-19)14-20(26)23-13-17-5-3-4-6-18(17)22/h3-12H,2,13-14H2,1H3,(H,23,26). The van der Waals surface area contributed by atoms with Crippen molar-refractivity contribution in [2.75, 3.05) is 0 Å². The highest BCUT2D eigenvalue weighted by Gasteiger charge is 2.09. The van der Waals surface area contributed by atoms with Crippen molar-refractivity contribution in [1.82, 2.24) is 15.1 Å². The van der Waals surface area contributed by atoms with Crippen molar-refractivity contribution in [1.29, 1.82) is 0 Å². The van der Waals surface area contributed by atoms with Crippen LogP contribution in [-0.4, -0.2) is 15.7 Å². The van der Waals surface area contributed by atoms with E-state index in [0.29, 0.717) is 17.3 Å². The largest absolute Gasteiger partial charge is 0.350 e. The van der Waals surface area contributed by atoms with Gasteiger partial charge >= 0.3 is 0 Å². The summed E-state index contributed by atoms with van der Waals surface area (Å²) in [5.74, 6) is -0.303. The van der Waals surface area contributed by atoms with Gasteiger partial charge in [0.15, 0.2) is 0 Å². The lowest BCUT2D eigenvalue weighted by Crippen LogP contribution is -2.33. The number of hydrogen-bond donors (Lipinski definition) is 1. The van der Waals surface area contributed by atoms with Crippen LogP contribution in [0.15, 0.2) is 65.5 Å². The lowest BCUT2D eigenvalue weighted by Gasteiger charge is -2.09. The normalized spacial score (nSPS) is 10.6. The minimum atomic E-state index is -0.322. The van der Waals surface area contributed by atoms with E-state index in [2.05, 4.69) is 17.3 Å². The summed E-state index contributed by atoms with van der Waals surface area (Å²) in [7, 11) is 0. The van der Waals surface area contributed by atoms with Gasteiger partial charge in [-0.3, -0.25) is 9.59 Å². The van der Waals surface area contributed by atoms with E-state index in [1.165, 1.54) is 16.3 Å². The highest BCUT2D eigenvalue weighted by Crippen LogP contribution is 2.16. The maximum atomic E-state index is 12.2. The van der Waals surface area contributed by atoms with Gasteiger partial charge in [-0.15, -0.1) is 0 Å². The third-order valence-electron chi connectivity index (χ3n) is 4.25. The van der Waals surface area contributed by atoms with E-state index in [1.807, 2.05) is 42.5 Å². The molecule has 0 bridgehead atoms. The van der Waals surface area contributed by atoms with Crippen LogP contribution in [0.5, 0.6) is 0 Å². The quantitative estimate of drug-likeness (QED) is 0.711. The second-order valence-electron chi connectivity index (χ2n) is 6.13. The molecular weight excluding hydrogens is 362 g/mol. The molecule has 1 N–H and O–H groups in total. The molecule has 0 saturated carbocycles. The summed E-state index contributed by atoms with van der Waals surface area (Å²) in [5, 5.41) is 7.68. The number of amides is 1. The third kappa shape index (κ3) is 4.83. The summed E-state index contributed by atoms with van der Waals surface area (Å²) in [4.78, 5) is 24.3. The number of carbonyl (C=O) groups is 1. The van der Waals surface area contributed by atoms with Crippen molar-refractivity contribution in [3.63, 3.8) is 0 Å². The van der Waals surface area contributed by atoms with Crippen LogP contribution in [0.4, 0.5) is 0 Å². The van der Waals surface area contributed by atoms with E-state index in [0.717, 1.165) is 17.5 Å². The first-order valence-electron chi connectivity index (χ1n) is 8.74. The molecule has 3 rings (SSSR count). The molecule has 6 heteroatoms. The van der Waals surface area contributed by atoms with Gasteiger partial charge in [0.1, 0.15) is 6.54 Å². The molecule has 0 fully saturated rings. The predicted octanol–water partition coefficient (Wildman–Crippen LogP) is 3.44. The number of nitrogens with zero attached hydrogens (tertiary/aromatic N) is 2. The van der Waals surface area contributed by atoms with Gasteiger partial charge in [-0.25, -0.2) is 4.68 Å². The van der Waals surface area contributed by atoms with Crippen LogP contribution in [0.2, 0.25) is 5.02 Å². The number of halogens is 1. The van der Waals surface area contributed by atoms with E-state index in [-0.39, 0.29) is 18.0 Å². The minimum Gasteiger partial charge on any atom is -0.350 e. The van der Waals surface area contributed by atoms with Crippen molar-refractivity contribution in [3.8, 4) is 11.3 Å². The van der Waals surface area contributed by atoms with Gasteiger partial charge in [-0.1, -0.05) is 61.0 Å². The SMILES string of the molecule is CCc1ccc(-c2ccc(=O)n(CC(=O)NCc3ccccc3Cl)n2)cc1.